The van der Waals surface area contributed by atoms with Gasteiger partial charge in [-0.15, -0.1) is 0 Å². The number of hydrogen-bond donors (Lipinski definition) is 2. The Morgan fingerprint density at radius 3 is 2.21 bits per heavy atom. The highest BCUT2D eigenvalue weighted by atomic mass is 19.2. The molecule has 0 bridgehead atoms. The summed E-state index contributed by atoms with van der Waals surface area (Å²) in [4.78, 5) is 0. The SMILES string of the molecule is NC1(c2c(F)ccc(F)c2F)CNC1. The second-order valence-corrected chi connectivity index (χ2v) is 3.48. The second kappa shape index (κ2) is 2.96. The third-order valence-corrected chi connectivity index (χ3v) is 2.42. The van der Waals surface area contributed by atoms with Gasteiger partial charge in [0.05, 0.1) is 5.54 Å². The summed E-state index contributed by atoms with van der Waals surface area (Å²) >= 11 is 0. The van der Waals surface area contributed by atoms with Crippen LogP contribution in [-0.4, -0.2) is 13.1 Å². The predicted molar refractivity (Wildman–Crippen MR) is 45.1 cm³/mol. The molecular formula is C9H9F3N2. The lowest BCUT2D eigenvalue weighted by molar-refractivity contribution is 0.263. The molecule has 1 heterocycles. The number of halogens is 3. The molecule has 0 aromatic heterocycles. The van der Waals surface area contributed by atoms with E-state index in [0.717, 1.165) is 12.1 Å². The Balaban J connectivity index is 2.56. The van der Waals surface area contributed by atoms with Crippen molar-refractivity contribution >= 4 is 0 Å². The minimum atomic E-state index is -1.19. The molecule has 1 aromatic carbocycles. The number of nitrogens with two attached hydrogens (primary N) is 1. The molecule has 76 valence electrons. The van der Waals surface area contributed by atoms with Crippen molar-refractivity contribution in [2.24, 2.45) is 5.73 Å². The molecule has 3 N–H and O–H groups in total. The first-order chi connectivity index (χ1) is 6.54. The predicted octanol–water partition coefficient (Wildman–Crippen LogP) is 0.861. The molecule has 1 aliphatic heterocycles. The molecule has 0 aliphatic carbocycles. The molecule has 1 aliphatic rings. The molecule has 1 saturated heterocycles. The van der Waals surface area contributed by atoms with Crippen LogP contribution < -0.4 is 11.1 Å². The first-order valence-electron chi connectivity index (χ1n) is 4.18. The maximum Gasteiger partial charge on any atom is 0.166 e. The van der Waals surface area contributed by atoms with Gasteiger partial charge in [-0.3, -0.25) is 0 Å². The van der Waals surface area contributed by atoms with Crippen molar-refractivity contribution in [3.8, 4) is 0 Å². The van der Waals surface area contributed by atoms with Crippen LogP contribution >= 0.6 is 0 Å². The van der Waals surface area contributed by atoms with Crippen molar-refractivity contribution in [3.63, 3.8) is 0 Å². The molecule has 2 nitrogen and oxygen atoms in total. The third kappa shape index (κ3) is 1.20. The van der Waals surface area contributed by atoms with E-state index in [1.165, 1.54) is 0 Å². The highest BCUT2D eigenvalue weighted by molar-refractivity contribution is 5.31. The van der Waals surface area contributed by atoms with E-state index in [1.54, 1.807) is 0 Å². The highest BCUT2D eigenvalue weighted by Gasteiger charge is 2.39. The van der Waals surface area contributed by atoms with Crippen molar-refractivity contribution in [2.45, 2.75) is 5.54 Å². The molecular weight excluding hydrogens is 193 g/mol. The molecule has 1 fully saturated rings. The monoisotopic (exact) mass is 202 g/mol. The van der Waals surface area contributed by atoms with Crippen molar-refractivity contribution in [1.29, 1.82) is 0 Å². The lowest BCUT2D eigenvalue weighted by Gasteiger charge is -2.39. The zero-order valence-corrected chi connectivity index (χ0v) is 7.28. The Labute approximate surface area is 78.9 Å². The van der Waals surface area contributed by atoms with Gasteiger partial charge in [0.25, 0.3) is 0 Å². The van der Waals surface area contributed by atoms with Gasteiger partial charge in [-0.05, 0) is 12.1 Å². The Kier molecular flexibility index (Phi) is 2.01. The largest absolute Gasteiger partial charge is 0.319 e. The summed E-state index contributed by atoms with van der Waals surface area (Å²) in [5, 5.41) is 2.79. The Hall–Kier alpha value is -1.07. The fraction of sp³-hybridized carbons (Fsp3) is 0.333. The summed E-state index contributed by atoms with van der Waals surface area (Å²) in [6.07, 6.45) is 0. The van der Waals surface area contributed by atoms with Crippen LogP contribution in [0.5, 0.6) is 0 Å². The Morgan fingerprint density at radius 1 is 1.14 bits per heavy atom. The summed E-state index contributed by atoms with van der Waals surface area (Å²) in [6.45, 7) is 0.509. The molecule has 14 heavy (non-hydrogen) atoms. The van der Waals surface area contributed by atoms with Crippen LogP contribution in [0.4, 0.5) is 13.2 Å². The average Bonchev–Trinajstić information content (AvgIpc) is 2.09. The summed E-state index contributed by atoms with van der Waals surface area (Å²) in [6, 6.07) is 1.64. The lowest BCUT2D eigenvalue weighted by Crippen LogP contribution is -2.63. The van der Waals surface area contributed by atoms with Crippen molar-refractivity contribution < 1.29 is 13.2 Å². The van der Waals surface area contributed by atoms with Crippen molar-refractivity contribution in [2.75, 3.05) is 13.1 Å². The maximum absolute atomic E-state index is 13.3. The minimum Gasteiger partial charge on any atom is -0.319 e. The fourth-order valence-corrected chi connectivity index (χ4v) is 1.55. The maximum atomic E-state index is 13.3. The van der Waals surface area contributed by atoms with Crippen LogP contribution in [0.25, 0.3) is 0 Å². The molecule has 0 radical (unpaired) electrons. The van der Waals surface area contributed by atoms with Crippen LogP contribution in [0.1, 0.15) is 5.56 Å². The Bertz CT molecular complexity index is 375. The summed E-state index contributed by atoms with van der Waals surface area (Å²) < 4.78 is 39.3. The molecule has 0 atom stereocenters. The summed E-state index contributed by atoms with van der Waals surface area (Å²) in [7, 11) is 0. The normalized spacial score (nSPS) is 19.1. The van der Waals surface area contributed by atoms with Gasteiger partial charge >= 0.3 is 0 Å². The average molecular weight is 202 g/mol. The zero-order valence-electron chi connectivity index (χ0n) is 7.28. The van der Waals surface area contributed by atoms with Gasteiger partial charge in [0.15, 0.2) is 11.6 Å². The second-order valence-electron chi connectivity index (χ2n) is 3.48. The van der Waals surface area contributed by atoms with Gasteiger partial charge < -0.3 is 11.1 Å². The highest BCUT2D eigenvalue weighted by Crippen LogP contribution is 2.28. The molecule has 2 rings (SSSR count). The molecule has 1 aromatic rings. The van der Waals surface area contributed by atoms with Crippen LogP contribution in [0.3, 0.4) is 0 Å². The topological polar surface area (TPSA) is 38.0 Å². The summed E-state index contributed by atoms with van der Waals surface area (Å²) in [5.41, 5.74) is 4.21. The molecule has 0 unspecified atom stereocenters. The first-order valence-corrected chi connectivity index (χ1v) is 4.18. The lowest BCUT2D eigenvalue weighted by atomic mass is 9.84. The van der Waals surface area contributed by atoms with Gasteiger partial charge in [0.2, 0.25) is 0 Å². The molecule has 0 amide bonds. The van der Waals surface area contributed by atoms with E-state index in [2.05, 4.69) is 5.32 Å². The van der Waals surface area contributed by atoms with E-state index >= 15 is 0 Å². The van der Waals surface area contributed by atoms with E-state index in [9.17, 15) is 13.2 Å². The van der Waals surface area contributed by atoms with Gasteiger partial charge in [-0.25, -0.2) is 13.2 Å². The zero-order chi connectivity index (χ0) is 10.3. The quantitative estimate of drug-likeness (QED) is 0.663. The van der Waals surface area contributed by atoms with Crippen LogP contribution in [0, 0.1) is 17.5 Å². The first kappa shape index (κ1) is 9.48. The number of nitrogens with one attached hydrogen (secondary N) is 1. The van der Waals surface area contributed by atoms with E-state index in [-0.39, 0.29) is 18.7 Å². The summed E-state index contributed by atoms with van der Waals surface area (Å²) in [5.74, 6) is -3.06. The van der Waals surface area contributed by atoms with E-state index in [1.807, 2.05) is 0 Å². The molecule has 5 heteroatoms. The van der Waals surface area contributed by atoms with Gasteiger partial charge in [0, 0.05) is 18.7 Å². The smallest absolute Gasteiger partial charge is 0.166 e. The standard InChI is InChI=1S/C9H9F3N2/c10-5-1-2-6(11)8(12)7(5)9(13)3-14-4-9/h1-2,14H,3-4,13H2. The van der Waals surface area contributed by atoms with Gasteiger partial charge in [0.1, 0.15) is 5.82 Å². The fourth-order valence-electron chi connectivity index (χ4n) is 1.55. The van der Waals surface area contributed by atoms with E-state index in [4.69, 9.17) is 5.73 Å². The minimum absolute atomic E-state index is 0.254. The van der Waals surface area contributed by atoms with E-state index < -0.39 is 23.0 Å². The number of benzene rings is 1. The van der Waals surface area contributed by atoms with Gasteiger partial charge in [-0.2, -0.15) is 0 Å². The van der Waals surface area contributed by atoms with Gasteiger partial charge in [-0.1, -0.05) is 0 Å². The van der Waals surface area contributed by atoms with E-state index in [0.29, 0.717) is 0 Å². The number of hydrogen-bond acceptors (Lipinski definition) is 2. The third-order valence-electron chi connectivity index (χ3n) is 2.42. The Morgan fingerprint density at radius 2 is 1.71 bits per heavy atom. The van der Waals surface area contributed by atoms with Crippen molar-refractivity contribution in [1.82, 2.24) is 5.32 Å². The molecule has 0 spiro atoms. The van der Waals surface area contributed by atoms with Crippen LogP contribution in [0.15, 0.2) is 12.1 Å². The van der Waals surface area contributed by atoms with Crippen LogP contribution in [-0.2, 0) is 5.54 Å². The van der Waals surface area contributed by atoms with Crippen molar-refractivity contribution in [3.05, 3.63) is 35.1 Å². The van der Waals surface area contributed by atoms with Crippen LogP contribution in [0.2, 0.25) is 0 Å². The molecule has 0 saturated carbocycles. The number of rotatable bonds is 1.